The Morgan fingerprint density at radius 2 is 1.89 bits per heavy atom. The first-order valence-electron chi connectivity index (χ1n) is 5.57. The molecule has 0 aliphatic carbocycles. The lowest BCUT2D eigenvalue weighted by molar-refractivity contribution is 0.407. The first-order chi connectivity index (χ1) is 9.04. The summed E-state index contributed by atoms with van der Waals surface area (Å²) in [7, 11) is 1.63. The number of halogens is 3. The maximum absolute atomic E-state index is 6.33. The van der Waals surface area contributed by atoms with E-state index in [2.05, 4.69) is 31.9 Å². The molecule has 0 heterocycles. The molecule has 2 N–H and O–H groups in total. The Labute approximate surface area is 134 Å². The predicted molar refractivity (Wildman–Crippen MR) is 85.9 cm³/mol. The molecule has 2 aromatic carbocycles. The fraction of sp³-hybridized carbons (Fsp3) is 0.143. The third-order valence-electron chi connectivity index (χ3n) is 2.84. The molecule has 100 valence electrons. The van der Waals surface area contributed by atoms with E-state index in [9.17, 15) is 0 Å². The van der Waals surface area contributed by atoms with Crippen LogP contribution in [0.4, 0.5) is 0 Å². The van der Waals surface area contributed by atoms with E-state index < -0.39 is 0 Å². The molecule has 5 heteroatoms. The van der Waals surface area contributed by atoms with Crippen molar-refractivity contribution in [2.24, 2.45) is 5.73 Å². The summed E-state index contributed by atoms with van der Waals surface area (Å²) in [5.74, 6) is 0.742. The third-order valence-corrected chi connectivity index (χ3v) is 4.65. The van der Waals surface area contributed by atoms with Gasteiger partial charge in [-0.15, -0.1) is 0 Å². The topological polar surface area (TPSA) is 35.2 Å². The molecule has 0 fully saturated rings. The molecule has 0 aliphatic heterocycles. The second-order valence-electron chi connectivity index (χ2n) is 4.01. The molecular weight excluding hydrogens is 393 g/mol. The van der Waals surface area contributed by atoms with E-state index in [-0.39, 0.29) is 6.04 Å². The van der Waals surface area contributed by atoms with Gasteiger partial charge in [0.15, 0.2) is 0 Å². The third kappa shape index (κ3) is 3.14. The molecule has 0 amide bonds. The van der Waals surface area contributed by atoms with Crippen molar-refractivity contribution in [2.75, 3.05) is 7.11 Å². The highest BCUT2D eigenvalue weighted by Gasteiger charge is 2.18. The number of nitrogens with two attached hydrogens (primary N) is 1. The van der Waals surface area contributed by atoms with E-state index in [0.717, 1.165) is 25.8 Å². The molecule has 0 aliphatic rings. The molecule has 2 rings (SSSR count). The van der Waals surface area contributed by atoms with E-state index in [0.29, 0.717) is 5.02 Å². The summed E-state index contributed by atoms with van der Waals surface area (Å²) < 4.78 is 7.14. The smallest absolute Gasteiger partial charge is 0.124 e. The Kier molecular flexibility index (Phi) is 4.90. The Balaban J connectivity index is 2.52. The fourth-order valence-corrected chi connectivity index (χ4v) is 2.88. The zero-order valence-corrected chi connectivity index (χ0v) is 14.1. The second-order valence-corrected chi connectivity index (χ2v) is 6.15. The van der Waals surface area contributed by atoms with Crippen molar-refractivity contribution >= 4 is 43.5 Å². The van der Waals surface area contributed by atoms with Gasteiger partial charge in [0.05, 0.1) is 18.2 Å². The fourth-order valence-electron chi connectivity index (χ4n) is 1.88. The van der Waals surface area contributed by atoms with Gasteiger partial charge in [0.2, 0.25) is 0 Å². The van der Waals surface area contributed by atoms with Crippen molar-refractivity contribution in [1.82, 2.24) is 0 Å². The van der Waals surface area contributed by atoms with Gasteiger partial charge in [0.1, 0.15) is 5.75 Å². The van der Waals surface area contributed by atoms with Crippen molar-refractivity contribution in [3.63, 3.8) is 0 Å². The normalized spacial score (nSPS) is 12.3. The standard InChI is InChI=1S/C14H12Br2ClNO/c1-19-12-6-5-8(15)7-10(12)14(18)9-3-2-4-11(16)13(9)17/h2-7,14H,18H2,1H3. The highest BCUT2D eigenvalue weighted by atomic mass is 79.9. The van der Waals surface area contributed by atoms with Crippen LogP contribution in [-0.2, 0) is 0 Å². The maximum Gasteiger partial charge on any atom is 0.124 e. The number of ether oxygens (including phenoxy) is 1. The molecule has 0 bridgehead atoms. The number of hydrogen-bond donors (Lipinski definition) is 1. The van der Waals surface area contributed by atoms with Crippen molar-refractivity contribution in [3.05, 3.63) is 61.5 Å². The maximum atomic E-state index is 6.33. The van der Waals surface area contributed by atoms with Gasteiger partial charge in [-0.3, -0.25) is 0 Å². The van der Waals surface area contributed by atoms with Gasteiger partial charge in [-0.05, 0) is 45.8 Å². The molecule has 0 aromatic heterocycles. The number of methoxy groups -OCH3 is 1. The Hall–Kier alpha value is -0.550. The van der Waals surface area contributed by atoms with Crippen LogP contribution in [0.15, 0.2) is 45.3 Å². The van der Waals surface area contributed by atoms with Gasteiger partial charge in [-0.25, -0.2) is 0 Å². The molecule has 2 nitrogen and oxygen atoms in total. The van der Waals surface area contributed by atoms with E-state index in [1.807, 2.05) is 36.4 Å². The van der Waals surface area contributed by atoms with Gasteiger partial charge in [-0.2, -0.15) is 0 Å². The van der Waals surface area contributed by atoms with Gasteiger partial charge in [0.25, 0.3) is 0 Å². The average molecular weight is 406 g/mol. The summed E-state index contributed by atoms with van der Waals surface area (Å²) in [4.78, 5) is 0. The second kappa shape index (κ2) is 6.27. The van der Waals surface area contributed by atoms with Gasteiger partial charge in [-0.1, -0.05) is 39.7 Å². The molecular formula is C14H12Br2ClNO. The molecule has 1 unspecified atom stereocenters. The Morgan fingerprint density at radius 1 is 1.16 bits per heavy atom. The molecule has 19 heavy (non-hydrogen) atoms. The van der Waals surface area contributed by atoms with Crippen molar-refractivity contribution < 1.29 is 4.74 Å². The molecule has 1 atom stereocenters. The lowest BCUT2D eigenvalue weighted by atomic mass is 9.99. The zero-order chi connectivity index (χ0) is 14.0. The number of rotatable bonds is 3. The van der Waals surface area contributed by atoms with Crippen LogP contribution in [-0.4, -0.2) is 7.11 Å². The summed E-state index contributed by atoms with van der Waals surface area (Å²) >= 11 is 13.1. The largest absolute Gasteiger partial charge is 0.496 e. The summed E-state index contributed by atoms with van der Waals surface area (Å²) in [5, 5.41) is 0.622. The average Bonchev–Trinajstić information content (AvgIpc) is 2.41. The van der Waals surface area contributed by atoms with Gasteiger partial charge < -0.3 is 10.5 Å². The molecule has 0 saturated carbocycles. The first kappa shape index (κ1) is 14.9. The Morgan fingerprint density at radius 3 is 2.58 bits per heavy atom. The molecule has 0 radical (unpaired) electrons. The van der Waals surface area contributed by atoms with Crippen LogP contribution in [0.25, 0.3) is 0 Å². The van der Waals surface area contributed by atoms with Crippen molar-refractivity contribution in [1.29, 1.82) is 0 Å². The minimum absolute atomic E-state index is 0.350. The predicted octanol–water partition coefficient (Wildman–Crippen LogP) is 4.92. The molecule has 0 saturated heterocycles. The van der Waals surface area contributed by atoms with Gasteiger partial charge >= 0.3 is 0 Å². The number of hydrogen-bond acceptors (Lipinski definition) is 2. The van der Waals surface area contributed by atoms with Crippen LogP contribution < -0.4 is 10.5 Å². The quantitative estimate of drug-likeness (QED) is 0.787. The highest BCUT2D eigenvalue weighted by molar-refractivity contribution is 9.10. The highest BCUT2D eigenvalue weighted by Crippen LogP contribution is 2.36. The van der Waals surface area contributed by atoms with Crippen molar-refractivity contribution in [2.45, 2.75) is 6.04 Å². The van der Waals surface area contributed by atoms with Crippen LogP contribution in [0.2, 0.25) is 5.02 Å². The summed E-state index contributed by atoms with van der Waals surface area (Å²) in [6, 6.07) is 11.1. The van der Waals surface area contributed by atoms with E-state index in [1.54, 1.807) is 7.11 Å². The van der Waals surface area contributed by atoms with E-state index in [1.165, 1.54) is 0 Å². The van der Waals surface area contributed by atoms with Crippen molar-refractivity contribution in [3.8, 4) is 5.75 Å². The summed E-state index contributed by atoms with van der Waals surface area (Å²) in [5.41, 5.74) is 8.07. The van der Waals surface area contributed by atoms with E-state index in [4.69, 9.17) is 22.1 Å². The zero-order valence-electron chi connectivity index (χ0n) is 10.2. The first-order valence-corrected chi connectivity index (χ1v) is 7.54. The minimum Gasteiger partial charge on any atom is -0.496 e. The molecule has 0 spiro atoms. The van der Waals surface area contributed by atoms with Crippen LogP contribution in [0, 0.1) is 0 Å². The van der Waals surface area contributed by atoms with Crippen LogP contribution >= 0.6 is 43.5 Å². The molecule has 2 aromatic rings. The lowest BCUT2D eigenvalue weighted by Gasteiger charge is -2.18. The van der Waals surface area contributed by atoms with E-state index >= 15 is 0 Å². The minimum atomic E-state index is -0.350. The summed E-state index contributed by atoms with van der Waals surface area (Å²) in [6.07, 6.45) is 0. The SMILES string of the molecule is COc1ccc(Br)cc1C(N)c1cccc(Br)c1Cl. The van der Waals surface area contributed by atoms with Crippen LogP contribution in [0.5, 0.6) is 5.75 Å². The van der Waals surface area contributed by atoms with Crippen LogP contribution in [0.1, 0.15) is 17.2 Å². The van der Waals surface area contributed by atoms with Gasteiger partial charge in [0, 0.05) is 14.5 Å². The number of benzene rings is 2. The Bertz CT molecular complexity index is 604. The monoisotopic (exact) mass is 403 g/mol. The lowest BCUT2D eigenvalue weighted by Crippen LogP contribution is -2.13. The van der Waals surface area contributed by atoms with Crippen LogP contribution in [0.3, 0.4) is 0 Å². The summed E-state index contributed by atoms with van der Waals surface area (Å²) in [6.45, 7) is 0.